The Hall–Kier alpha value is -3.52. The van der Waals surface area contributed by atoms with Gasteiger partial charge in [0, 0.05) is 10.9 Å². The van der Waals surface area contributed by atoms with Gasteiger partial charge in [0.25, 0.3) is 0 Å². The molecule has 0 fully saturated rings. The number of para-hydroxylation sites is 1. The highest BCUT2D eigenvalue weighted by molar-refractivity contribution is 6.05. The number of methoxy groups -OCH3 is 1. The molecule has 26 heavy (non-hydrogen) atoms. The van der Waals surface area contributed by atoms with Crippen LogP contribution in [0.15, 0.2) is 54.1 Å². The van der Waals surface area contributed by atoms with Crippen molar-refractivity contribution in [1.29, 1.82) is 5.26 Å². The number of ether oxygens (including phenoxy) is 2. The summed E-state index contributed by atoms with van der Waals surface area (Å²) in [6.07, 6.45) is 1.57. The van der Waals surface area contributed by atoms with Gasteiger partial charge in [-0.15, -0.1) is 0 Å². The molecule has 2 aromatic carbocycles. The lowest BCUT2D eigenvalue weighted by Crippen LogP contribution is -2.06. The minimum absolute atomic E-state index is 0.0484. The molecule has 0 aliphatic heterocycles. The molecule has 0 aliphatic rings. The van der Waals surface area contributed by atoms with Crippen molar-refractivity contribution in [2.45, 2.75) is 6.92 Å². The topological polar surface area (TPSA) is 75.1 Å². The van der Waals surface area contributed by atoms with Crippen LogP contribution in [0.2, 0.25) is 0 Å². The van der Waals surface area contributed by atoms with Gasteiger partial charge in [0.1, 0.15) is 17.4 Å². The highest BCUT2D eigenvalue weighted by Crippen LogP contribution is 2.36. The van der Waals surface area contributed by atoms with Gasteiger partial charge in [0.2, 0.25) is 0 Å². The number of hydrogen-bond acceptors (Lipinski definition) is 4. The summed E-state index contributed by atoms with van der Waals surface area (Å²) in [5, 5.41) is 10.3. The van der Waals surface area contributed by atoms with Crippen LogP contribution < -0.4 is 4.74 Å². The Balaban J connectivity index is 2.29. The number of aromatic nitrogens is 1. The number of benzene rings is 2. The van der Waals surface area contributed by atoms with Gasteiger partial charge in [-0.1, -0.05) is 42.5 Å². The molecule has 1 aromatic heterocycles. The van der Waals surface area contributed by atoms with Crippen molar-refractivity contribution in [3.8, 4) is 23.1 Å². The number of nitrogens with one attached hydrogen (secondary N) is 1. The van der Waals surface area contributed by atoms with E-state index in [2.05, 4.69) is 4.98 Å². The van der Waals surface area contributed by atoms with Gasteiger partial charge in [-0.25, -0.2) is 4.79 Å². The molecule has 0 saturated carbocycles. The molecule has 0 bridgehead atoms. The standard InChI is InChI=1S/C21H18N2O3/c1-3-26-21(24)15(13-22)12-17-16-10-7-11-18(25-2)20(16)23-19(17)14-8-5-4-6-9-14/h4-12,23H,3H2,1-2H3/b15-12+. The minimum Gasteiger partial charge on any atom is -0.495 e. The molecule has 0 aliphatic carbocycles. The summed E-state index contributed by atoms with van der Waals surface area (Å²) in [6.45, 7) is 1.92. The lowest BCUT2D eigenvalue weighted by Gasteiger charge is -2.03. The van der Waals surface area contributed by atoms with E-state index in [0.29, 0.717) is 5.75 Å². The van der Waals surface area contributed by atoms with E-state index in [0.717, 1.165) is 27.7 Å². The highest BCUT2D eigenvalue weighted by Gasteiger charge is 2.17. The van der Waals surface area contributed by atoms with Crippen LogP contribution in [0.1, 0.15) is 12.5 Å². The Bertz CT molecular complexity index is 1010. The summed E-state index contributed by atoms with van der Waals surface area (Å²) in [4.78, 5) is 15.4. The summed E-state index contributed by atoms with van der Waals surface area (Å²) in [5.41, 5.74) is 3.25. The molecule has 5 heteroatoms. The van der Waals surface area contributed by atoms with Gasteiger partial charge in [0.15, 0.2) is 0 Å². The maximum atomic E-state index is 12.1. The molecule has 0 unspecified atom stereocenters. The lowest BCUT2D eigenvalue weighted by molar-refractivity contribution is -0.137. The predicted octanol–water partition coefficient (Wildman–Crippen LogP) is 4.31. The molecule has 1 heterocycles. The SMILES string of the molecule is CCOC(=O)/C(C#N)=C/c1c(-c2ccccc2)[nH]c2c(OC)cccc12. The normalized spacial score (nSPS) is 11.2. The molecule has 0 saturated heterocycles. The van der Waals surface area contributed by atoms with Crippen molar-refractivity contribution in [2.75, 3.05) is 13.7 Å². The van der Waals surface area contributed by atoms with Gasteiger partial charge in [-0.2, -0.15) is 5.26 Å². The smallest absolute Gasteiger partial charge is 0.348 e. The average molecular weight is 346 g/mol. The van der Waals surface area contributed by atoms with E-state index in [4.69, 9.17) is 9.47 Å². The van der Waals surface area contributed by atoms with Crippen LogP contribution in [0.4, 0.5) is 0 Å². The molecule has 1 N–H and O–H groups in total. The molecular formula is C21H18N2O3. The van der Waals surface area contributed by atoms with Crippen LogP contribution in [-0.2, 0) is 9.53 Å². The summed E-state index contributed by atoms with van der Waals surface area (Å²) in [7, 11) is 1.60. The molecule has 0 spiro atoms. The summed E-state index contributed by atoms with van der Waals surface area (Å²) in [6, 6.07) is 17.3. The van der Waals surface area contributed by atoms with Gasteiger partial charge < -0.3 is 14.5 Å². The van der Waals surface area contributed by atoms with Crippen molar-refractivity contribution < 1.29 is 14.3 Å². The first kappa shape index (κ1) is 17.3. The average Bonchev–Trinajstić information content (AvgIpc) is 3.05. The molecule has 0 atom stereocenters. The molecule has 0 amide bonds. The zero-order valence-electron chi connectivity index (χ0n) is 14.6. The Morgan fingerprint density at radius 1 is 1.19 bits per heavy atom. The Labute approximate surface area is 151 Å². The van der Waals surface area contributed by atoms with Crippen LogP contribution in [0, 0.1) is 11.3 Å². The molecule has 3 aromatic rings. The first-order valence-electron chi connectivity index (χ1n) is 8.22. The van der Waals surface area contributed by atoms with Crippen LogP contribution in [0.3, 0.4) is 0 Å². The fourth-order valence-corrected chi connectivity index (χ4v) is 2.85. The van der Waals surface area contributed by atoms with Crippen LogP contribution in [0.25, 0.3) is 28.2 Å². The minimum atomic E-state index is -0.633. The number of rotatable bonds is 5. The van der Waals surface area contributed by atoms with Gasteiger partial charge >= 0.3 is 5.97 Å². The fraction of sp³-hybridized carbons (Fsp3) is 0.143. The second-order valence-electron chi connectivity index (χ2n) is 5.55. The zero-order chi connectivity index (χ0) is 18.5. The Morgan fingerprint density at radius 3 is 2.62 bits per heavy atom. The molecule has 0 radical (unpaired) electrons. The lowest BCUT2D eigenvalue weighted by atomic mass is 10.0. The number of hydrogen-bond donors (Lipinski definition) is 1. The van der Waals surface area contributed by atoms with Crippen molar-refractivity contribution in [3.63, 3.8) is 0 Å². The third-order valence-electron chi connectivity index (χ3n) is 4.02. The van der Waals surface area contributed by atoms with E-state index in [1.165, 1.54) is 0 Å². The molecule has 3 rings (SSSR count). The Morgan fingerprint density at radius 2 is 1.96 bits per heavy atom. The summed E-state index contributed by atoms with van der Waals surface area (Å²) < 4.78 is 10.4. The quantitative estimate of drug-likeness (QED) is 0.424. The van der Waals surface area contributed by atoms with Gasteiger partial charge in [0.05, 0.1) is 24.9 Å². The van der Waals surface area contributed by atoms with Crippen molar-refractivity contribution in [3.05, 3.63) is 59.7 Å². The van der Waals surface area contributed by atoms with E-state index in [9.17, 15) is 10.1 Å². The molecular weight excluding hydrogens is 328 g/mol. The summed E-state index contributed by atoms with van der Waals surface area (Å²) >= 11 is 0. The maximum absolute atomic E-state index is 12.1. The first-order valence-corrected chi connectivity index (χ1v) is 8.22. The van der Waals surface area contributed by atoms with Crippen LogP contribution >= 0.6 is 0 Å². The van der Waals surface area contributed by atoms with E-state index < -0.39 is 5.97 Å². The van der Waals surface area contributed by atoms with Crippen LogP contribution in [0.5, 0.6) is 5.75 Å². The second-order valence-corrected chi connectivity index (χ2v) is 5.55. The maximum Gasteiger partial charge on any atom is 0.348 e. The van der Waals surface area contributed by atoms with E-state index in [1.807, 2.05) is 54.6 Å². The molecule has 5 nitrogen and oxygen atoms in total. The number of aromatic amines is 1. The predicted molar refractivity (Wildman–Crippen MR) is 101 cm³/mol. The van der Waals surface area contributed by atoms with E-state index >= 15 is 0 Å². The Kier molecular flexibility index (Phi) is 5.04. The third-order valence-corrected chi connectivity index (χ3v) is 4.02. The van der Waals surface area contributed by atoms with Gasteiger partial charge in [-0.3, -0.25) is 0 Å². The van der Waals surface area contributed by atoms with Crippen molar-refractivity contribution in [1.82, 2.24) is 4.98 Å². The summed E-state index contributed by atoms with van der Waals surface area (Å²) in [5.74, 6) is 0.0558. The molecule has 130 valence electrons. The van der Waals surface area contributed by atoms with E-state index in [1.54, 1.807) is 20.1 Å². The third kappa shape index (κ3) is 3.17. The number of H-pyrrole nitrogens is 1. The van der Waals surface area contributed by atoms with Crippen LogP contribution in [-0.4, -0.2) is 24.7 Å². The van der Waals surface area contributed by atoms with E-state index in [-0.39, 0.29) is 12.2 Å². The zero-order valence-corrected chi connectivity index (χ0v) is 14.6. The largest absolute Gasteiger partial charge is 0.495 e. The van der Waals surface area contributed by atoms with Crippen molar-refractivity contribution in [2.24, 2.45) is 0 Å². The number of carbonyl (C=O) groups is 1. The van der Waals surface area contributed by atoms with Crippen molar-refractivity contribution >= 4 is 22.9 Å². The number of carbonyl (C=O) groups excluding carboxylic acids is 1. The second kappa shape index (κ2) is 7.58. The number of esters is 1. The highest BCUT2D eigenvalue weighted by atomic mass is 16.5. The fourth-order valence-electron chi connectivity index (χ4n) is 2.85. The monoisotopic (exact) mass is 346 g/mol. The first-order chi connectivity index (χ1) is 12.7. The number of nitriles is 1. The number of fused-ring (bicyclic) bond motifs is 1. The number of nitrogens with zero attached hydrogens (tertiary/aromatic N) is 1. The van der Waals surface area contributed by atoms with Gasteiger partial charge in [-0.05, 0) is 24.6 Å².